The van der Waals surface area contributed by atoms with Crippen molar-refractivity contribution in [3.63, 3.8) is 0 Å². The predicted molar refractivity (Wildman–Crippen MR) is 72.5 cm³/mol. The normalized spacial score (nSPS) is 21.0. The molecule has 1 saturated heterocycles. The molecule has 0 aliphatic carbocycles. The standard InChI is InChI=1S/C12H19N3O4S/c1-14-7-10(5-11(14)12(13)17)20(18,19)15-4-2-3-9(6-15)8-16/h5,7,9,16H,2-4,6,8H2,1H3,(H2,13,17). The van der Waals surface area contributed by atoms with Gasteiger partial charge in [0.1, 0.15) is 10.6 Å². The molecule has 2 rings (SSSR count). The maximum atomic E-state index is 12.5. The van der Waals surface area contributed by atoms with Gasteiger partial charge in [0.2, 0.25) is 10.0 Å². The highest BCUT2D eigenvalue weighted by Crippen LogP contribution is 2.24. The Morgan fingerprint density at radius 3 is 2.80 bits per heavy atom. The molecule has 1 atom stereocenters. The minimum atomic E-state index is -3.65. The number of rotatable bonds is 4. The molecule has 1 amide bonds. The Labute approximate surface area is 118 Å². The van der Waals surface area contributed by atoms with E-state index in [-0.39, 0.29) is 23.1 Å². The second-order valence-electron chi connectivity index (χ2n) is 5.09. The molecule has 2 heterocycles. The zero-order valence-electron chi connectivity index (χ0n) is 11.3. The van der Waals surface area contributed by atoms with Crippen LogP contribution in [0.15, 0.2) is 17.2 Å². The lowest BCUT2D eigenvalue weighted by molar-refractivity contribution is 0.0992. The molecule has 1 aliphatic heterocycles. The van der Waals surface area contributed by atoms with Gasteiger partial charge in [0, 0.05) is 32.9 Å². The zero-order valence-corrected chi connectivity index (χ0v) is 12.1. The van der Waals surface area contributed by atoms with Gasteiger partial charge in [-0.1, -0.05) is 0 Å². The molecule has 1 unspecified atom stereocenters. The number of aromatic nitrogens is 1. The summed E-state index contributed by atoms with van der Waals surface area (Å²) in [6.07, 6.45) is 2.93. The summed E-state index contributed by atoms with van der Waals surface area (Å²) in [5, 5.41) is 9.18. The molecule has 3 N–H and O–H groups in total. The number of piperidine rings is 1. The molecule has 0 spiro atoms. The van der Waals surface area contributed by atoms with E-state index in [1.54, 1.807) is 7.05 Å². The summed E-state index contributed by atoms with van der Waals surface area (Å²) in [4.78, 5) is 11.3. The van der Waals surface area contributed by atoms with Crippen molar-refractivity contribution in [1.82, 2.24) is 8.87 Å². The highest BCUT2D eigenvalue weighted by molar-refractivity contribution is 7.89. The summed E-state index contributed by atoms with van der Waals surface area (Å²) in [5.41, 5.74) is 5.34. The van der Waals surface area contributed by atoms with Crippen LogP contribution in [0.3, 0.4) is 0 Å². The van der Waals surface area contributed by atoms with Crippen molar-refractivity contribution in [2.24, 2.45) is 18.7 Å². The molecule has 1 aliphatic rings. The molecular weight excluding hydrogens is 282 g/mol. The van der Waals surface area contributed by atoms with E-state index in [1.165, 1.54) is 21.1 Å². The van der Waals surface area contributed by atoms with Gasteiger partial charge in [0.05, 0.1) is 0 Å². The summed E-state index contributed by atoms with van der Waals surface area (Å²) in [7, 11) is -2.07. The van der Waals surface area contributed by atoms with Crippen LogP contribution in [0.1, 0.15) is 23.3 Å². The van der Waals surface area contributed by atoms with Crippen LogP contribution in [0.5, 0.6) is 0 Å². The molecule has 1 aromatic rings. The summed E-state index contributed by atoms with van der Waals surface area (Å²) >= 11 is 0. The van der Waals surface area contributed by atoms with Gasteiger partial charge in [-0.25, -0.2) is 8.42 Å². The Bertz CT molecular complexity index is 608. The van der Waals surface area contributed by atoms with Crippen molar-refractivity contribution in [3.8, 4) is 0 Å². The Morgan fingerprint density at radius 1 is 1.55 bits per heavy atom. The molecule has 7 nitrogen and oxygen atoms in total. The first-order chi connectivity index (χ1) is 9.36. The topological polar surface area (TPSA) is 106 Å². The van der Waals surface area contributed by atoms with Gasteiger partial charge in [-0.3, -0.25) is 4.79 Å². The number of hydrogen-bond acceptors (Lipinski definition) is 4. The largest absolute Gasteiger partial charge is 0.396 e. The number of aryl methyl sites for hydroxylation is 1. The predicted octanol–water partition coefficient (Wildman–Crippen LogP) is -0.483. The van der Waals surface area contributed by atoms with E-state index < -0.39 is 15.9 Å². The number of amides is 1. The fraction of sp³-hybridized carbons (Fsp3) is 0.583. The van der Waals surface area contributed by atoms with Gasteiger partial charge in [0.25, 0.3) is 5.91 Å². The van der Waals surface area contributed by atoms with E-state index in [1.807, 2.05) is 0 Å². The van der Waals surface area contributed by atoms with Crippen LogP contribution in [-0.4, -0.2) is 48.0 Å². The number of sulfonamides is 1. The Kier molecular flexibility index (Phi) is 4.17. The van der Waals surface area contributed by atoms with Gasteiger partial charge in [0.15, 0.2) is 0 Å². The van der Waals surface area contributed by atoms with Crippen molar-refractivity contribution in [2.75, 3.05) is 19.7 Å². The second-order valence-corrected chi connectivity index (χ2v) is 7.03. The van der Waals surface area contributed by atoms with Gasteiger partial charge in [-0.05, 0) is 24.8 Å². The lowest BCUT2D eigenvalue weighted by atomic mass is 10.0. The lowest BCUT2D eigenvalue weighted by Crippen LogP contribution is -2.40. The number of primary amides is 1. The fourth-order valence-corrected chi connectivity index (χ4v) is 4.09. The number of nitrogens with zero attached hydrogens (tertiary/aromatic N) is 2. The Morgan fingerprint density at radius 2 is 2.25 bits per heavy atom. The summed E-state index contributed by atoms with van der Waals surface area (Å²) < 4.78 is 27.8. The monoisotopic (exact) mass is 301 g/mol. The third-order valence-corrected chi connectivity index (χ3v) is 5.44. The summed E-state index contributed by atoms with van der Waals surface area (Å²) in [6, 6.07) is 1.29. The van der Waals surface area contributed by atoms with Crippen LogP contribution in [0.4, 0.5) is 0 Å². The lowest BCUT2D eigenvalue weighted by Gasteiger charge is -2.30. The number of aliphatic hydroxyl groups excluding tert-OH is 1. The SMILES string of the molecule is Cn1cc(S(=O)(=O)N2CCCC(CO)C2)cc1C(N)=O. The van der Waals surface area contributed by atoms with Crippen LogP contribution in [-0.2, 0) is 17.1 Å². The quantitative estimate of drug-likeness (QED) is 0.783. The fourth-order valence-electron chi connectivity index (χ4n) is 2.46. The first kappa shape index (κ1) is 15.0. The van der Waals surface area contributed by atoms with Crippen molar-refractivity contribution in [2.45, 2.75) is 17.7 Å². The van der Waals surface area contributed by atoms with E-state index in [0.717, 1.165) is 12.8 Å². The average molecular weight is 301 g/mol. The smallest absolute Gasteiger partial charge is 0.265 e. The van der Waals surface area contributed by atoms with Gasteiger partial charge < -0.3 is 15.4 Å². The zero-order chi connectivity index (χ0) is 14.9. The minimum Gasteiger partial charge on any atom is -0.396 e. The molecule has 0 radical (unpaired) electrons. The highest BCUT2D eigenvalue weighted by atomic mass is 32.2. The van der Waals surface area contributed by atoms with Crippen LogP contribution < -0.4 is 5.73 Å². The van der Waals surface area contributed by atoms with Crippen molar-refractivity contribution < 1.29 is 18.3 Å². The van der Waals surface area contributed by atoms with E-state index in [4.69, 9.17) is 5.73 Å². The molecular formula is C12H19N3O4S. The average Bonchev–Trinajstić information content (AvgIpc) is 2.82. The maximum Gasteiger partial charge on any atom is 0.265 e. The van der Waals surface area contributed by atoms with E-state index >= 15 is 0 Å². The molecule has 1 aromatic heterocycles. The number of carbonyl (C=O) groups excluding carboxylic acids is 1. The van der Waals surface area contributed by atoms with E-state index in [2.05, 4.69) is 0 Å². The molecule has 112 valence electrons. The Hall–Kier alpha value is -1.38. The van der Waals surface area contributed by atoms with Crippen molar-refractivity contribution >= 4 is 15.9 Å². The van der Waals surface area contributed by atoms with Crippen molar-refractivity contribution in [3.05, 3.63) is 18.0 Å². The van der Waals surface area contributed by atoms with Gasteiger partial charge in [-0.15, -0.1) is 0 Å². The number of aliphatic hydroxyl groups is 1. The minimum absolute atomic E-state index is 0.0205. The van der Waals surface area contributed by atoms with Crippen molar-refractivity contribution in [1.29, 1.82) is 0 Å². The maximum absolute atomic E-state index is 12.5. The third kappa shape index (κ3) is 2.72. The number of carbonyl (C=O) groups is 1. The number of hydrogen-bond donors (Lipinski definition) is 2. The van der Waals surface area contributed by atoms with Gasteiger partial charge in [-0.2, -0.15) is 4.31 Å². The summed E-state index contributed by atoms with van der Waals surface area (Å²) in [6.45, 7) is 0.715. The molecule has 8 heteroatoms. The van der Waals surface area contributed by atoms with Crippen LogP contribution in [0.25, 0.3) is 0 Å². The molecule has 0 bridgehead atoms. The third-order valence-electron chi connectivity index (χ3n) is 3.61. The van der Waals surface area contributed by atoms with E-state index in [9.17, 15) is 18.3 Å². The molecule has 1 fully saturated rings. The van der Waals surface area contributed by atoms with Crippen LogP contribution >= 0.6 is 0 Å². The number of nitrogens with two attached hydrogens (primary N) is 1. The molecule has 20 heavy (non-hydrogen) atoms. The molecule has 0 saturated carbocycles. The first-order valence-corrected chi connectivity index (χ1v) is 7.87. The first-order valence-electron chi connectivity index (χ1n) is 6.43. The summed E-state index contributed by atoms with van der Waals surface area (Å²) in [5.74, 6) is -0.696. The Balaban J connectivity index is 2.30. The van der Waals surface area contributed by atoms with E-state index in [0.29, 0.717) is 13.1 Å². The van der Waals surface area contributed by atoms with Crippen LogP contribution in [0.2, 0.25) is 0 Å². The highest BCUT2D eigenvalue weighted by Gasteiger charge is 2.31. The van der Waals surface area contributed by atoms with Crippen LogP contribution in [0, 0.1) is 5.92 Å². The molecule has 0 aromatic carbocycles. The second kappa shape index (κ2) is 5.55. The van der Waals surface area contributed by atoms with Gasteiger partial charge >= 0.3 is 0 Å².